The second-order valence-corrected chi connectivity index (χ2v) is 29.8. The predicted molar refractivity (Wildman–Crippen MR) is 357 cm³/mol. The van der Waals surface area contributed by atoms with Crippen molar-refractivity contribution in [2.45, 2.75) is 262 Å². The van der Waals surface area contributed by atoms with E-state index in [1.165, 1.54) is 0 Å². The van der Waals surface area contributed by atoms with E-state index in [4.69, 9.17) is 68.4 Å². The molecule has 2 saturated heterocycles. The summed E-state index contributed by atoms with van der Waals surface area (Å²) >= 11 is 7.56. The fourth-order valence-corrected chi connectivity index (χ4v) is 11.6. The van der Waals surface area contributed by atoms with E-state index in [2.05, 4.69) is 31.9 Å². The molecule has 0 bridgehead atoms. The number of hydrogen-bond donors (Lipinski definition) is 7. The first-order valence-corrected chi connectivity index (χ1v) is 33.3. The minimum Gasteiger partial charge on any atom is -0.455 e. The molecule has 6 unspecified atom stereocenters. The quantitative estimate of drug-likeness (QED) is 0.0214. The zero-order valence-electron chi connectivity index (χ0n) is 59.2. The zero-order valence-corrected chi connectivity index (χ0v) is 59.9. The summed E-state index contributed by atoms with van der Waals surface area (Å²) in [5.74, 6) is -2.78. The van der Waals surface area contributed by atoms with Crippen LogP contribution in [0.2, 0.25) is 0 Å². The van der Waals surface area contributed by atoms with Gasteiger partial charge in [-0.3, -0.25) is 14.4 Å². The monoisotopic (exact) mass is 1400 g/mol. The predicted octanol–water partition coefficient (Wildman–Crippen LogP) is 8.84. The number of aliphatic hydroxyl groups excluding tert-OH is 1. The Morgan fingerprint density at radius 3 is 1.41 bits per heavy atom. The molecule has 6 amide bonds. The number of hydrogen-bond acceptors (Lipinski definition) is 21. The number of alkyl halides is 1. The summed E-state index contributed by atoms with van der Waals surface area (Å²) in [5, 5.41) is 28.6. The van der Waals surface area contributed by atoms with Crippen LogP contribution in [0.5, 0.6) is 0 Å². The van der Waals surface area contributed by atoms with Gasteiger partial charge in [0.2, 0.25) is 0 Å². The number of halogens is 1. The molecule has 544 valence electrons. The van der Waals surface area contributed by atoms with Crippen molar-refractivity contribution < 1.29 is 100 Å². The maximum Gasteiger partial charge on any atom is 0.408 e. The molecule has 3 aromatic carbocycles. The molecular formula is C70H101ClN6O21. The van der Waals surface area contributed by atoms with E-state index in [9.17, 15) is 43.5 Å². The fraction of sp³-hybridized carbons (Fsp3) is 0.629. The van der Waals surface area contributed by atoms with Crippen LogP contribution >= 0.6 is 11.6 Å². The maximum absolute atomic E-state index is 15.0. The summed E-state index contributed by atoms with van der Waals surface area (Å²) in [6, 6.07) is 22.7. The van der Waals surface area contributed by atoms with Gasteiger partial charge in [0.15, 0.2) is 24.8 Å². The van der Waals surface area contributed by atoms with Crippen molar-refractivity contribution in [3.05, 3.63) is 108 Å². The number of nitrogens with one attached hydrogen (secondary N) is 6. The van der Waals surface area contributed by atoms with Gasteiger partial charge in [-0.2, -0.15) is 0 Å². The summed E-state index contributed by atoms with van der Waals surface area (Å²) in [5.41, 5.74) is -4.19. The van der Waals surface area contributed by atoms with Crippen LogP contribution in [0.1, 0.15) is 160 Å². The Labute approximate surface area is 579 Å². The Bertz CT molecular complexity index is 3040. The molecule has 27 nitrogen and oxygen atoms in total. The summed E-state index contributed by atoms with van der Waals surface area (Å²) in [4.78, 5) is 109. The van der Waals surface area contributed by atoms with E-state index in [0.29, 0.717) is 16.7 Å². The first-order valence-electron chi connectivity index (χ1n) is 32.9. The lowest BCUT2D eigenvalue weighted by atomic mass is 9.80. The van der Waals surface area contributed by atoms with E-state index < -0.39 is 180 Å². The third kappa shape index (κ3) is 24.7. The number of carbonyl (C=O) groups excluding carboxylic acids is 8. The Balaban J connectivity index is 1.53. The van der Waals surface area contributed by atoms with Crippen molar-refractivity contribution >= 4 is 59.9 Å². The van der Waals surface area contributed by atoms with E-state index in [0.717, 1.165) is 13.8 Å². The third-order valence-electron chi connectivity index (χ3n) is 14.9. The van der Waals surface area contributed by atoms with Crippen molar-refractivity contribution in [2.75, 3.05) is 19.7 Å². The molecule has 6 rings (SSSR count). The van der Waals surface area contributed by atoms with Crippen LogP contribution in [0, 0.1) is 0 Å². The van der Waals surface area contributed by atoms with Crippen LogP contribution < -0.4 is 31.9 Å². The van der Waals surface area contributed by atoms with Gasteiger partial charge in [-0.15, -0.1) is 11.6 Å². The number of alkyl carbamates (subject to hydrolysis) is 5. The molecule has 2 aliphatic heterocycles. The number of amides is 6. The smallest absolute Gasteiger partial charge is 0.408 e. The lowest BCUT2D eigenvalue weighted by Gasteiger charge is -2.50. The first kappa shape index (κ1) is 79.5. The van der Waals surface area contributed by atoms with E-state index in [1.807, 2.05) is 91.0 Å². The van der Waals surface area contributed by atoms with Crippen LogP contribution in [0.15, 0.2) is 91.0 Å². The SMILES string of the molecule is CC(=O)OC1[C@@H](O[C@@H]2C(O)C(O[C@H]3OC(CNC(=O)OC(C)(C)C)CCC3NC(=O)OC(C)(C)C)[C@H](NC(=O)OC(C)(C)C)C[C@H]2NC(=O)[C@H](CCNC(=O)OC(C)(C)C)OC(C)=O)OC(COC(c2ccccc2)(c2ccccc2)c2ccccc2)[C@H](Cl)[C@@H]1NC(=O)OC(C)(C)C. The maximum atomic E-state index is 15.0. The minimum atomic E-state index is -2.08. The molecule has 1 aliphatic carbocycles. The molecule has 98 heavy (non-hydrogen) atoms. The molecule has 0 aromatic heterocycles. The number of aliphatic hydroxyl groups is 1. The molecule has 3 aromatic rings. The summed E-state index contributed by atoms with van der Waals surface area (Å²) in [6.07, 6.45) is -19.5. The fourth-order valence-electron chi connectivity index (χ4n) is 11.2. The standard InChI is InChI=1S/C70H101ClN6O21/c1-40(78)88-49(35-36-72-60(82)94-65(3,4)5)57(81)74-47-37-48(76-63(85)97-68(12,13)14)55(92-58-46(75-62(84)96-67(9,10)11)34-33-45(90-58)38-73-61(83)95-66(6,7)8)53(80)54(47)93-59-56(89-41(2)79)52(77-64(86)98-69(15,16)17)51(71)50(91-59)39-87-70(42-27-21-18-22-28-42,43-29-23-19-24-30-43)44-31-25-20-26-32-44/h18-32,45-56,58-59,80H,33-39H2,1-17H3,(H,72,82)(H,73,83)(H,74,81)(H,75,84)(H,76,85)(H,77,86)/t45?,46?,47-,48-,49+,50?,51+,52+,53?,54+,55?,56?,58-,59-/m1/s1. The highest BCUT2D eigenvalue weighted by atomic mass is 35.5. The highest BCUT2D eigenvalue weighted by Gasteiger charge is 2.56. The van der Waals surface area contributed by atoms with Gasteiger partial charge < -0.3 is 93.8 Å². The van der Waals surface area contributed by atoms with E-state index >= 15 is 0 Å². The van der Waals surface area contributed by atoms with Gasteiger partial charge in [0.05, 0.1) is 42.3 Å². The van der Waals surface area contributed by atoms with Crippen LogP contribution in [-0.2, 0) is 76.8 Å². The van der Waals surface area contributed by atoms with Crippen LogP contribution in [0.4, 0.5) is 24.0 Å². The van der Waals surface area contributed by atoms with Gasteiger partial charge in [-0.05, 0) is 140 Å². The molecule has 3 aliphatic rings. The van der Waals surface area contributed by atoms with Crippen molar-refractivity contribution in [3.8, 4) is 0 Å². The molecule has 2 heterocycles. The Hall–Kier alpha value is -7.53. The summed E-state index contributed by atoms with van der Waals surface area (Å²) in [7, 11) is 0. The molecular weight excluding hydrogens is 1300 g/mol. The average Bonchev–Trinajstić information content (AvgIpc) is 0.757. The van der Waals surface area contributed by atoms with E-state index in [-0.39, 0.29) is 32.4 Å². The number of carbonyl (C=O) groups is 8. The van der Waals surface area contributed by atoms with Crippen molar-refractivity contribution in [3.63, 3.8) is 0 Å². The van der Waals surface area contributed by atoms with Crippen molar-refractivity contribution in [2.24, 2.45) is 0 Å². The minimum absolute atomic E-state index is 0.123. The lowest BCUT2D eigenvalue weighted by Crippen LogP contribution is -2.70. The first-order chi connectivity index (χ1) is 45.6. The average molecular weight is 1400 g/mol. The van der Waals surface area contributed by atoms with E-state index in [1.54, 1.807) is 104 Å². The topological polar surface area (TPSA) is 340 Å². The van der Waals surface area contributed by atoms with Gasteiger partial charge >= 0.3 is 42.4 Å². The Morgan fingerprint density at radius 1 is 0.520 bits per heavy atom. The summed E-state index contributed by atoms with van der Waals surface area (Å²) in [6.45, 7) is 26.2. The van der Waals surface area contributed by atoms with Gasteiger partial charge in [-0.25, -0.2) is 24.0 Å². The molecule has 14 atom stereocenters. The van der Waals surface area contributed by atoms with Crippen molar-refractivity contribution in [1.82, 2.24) is 31.9 Å². The van der Waals surface area contributed by atoms with Gasteiger partial charge in [0.1, 0.15) is 58.0 Å². The lowest BCUT2D eigenvalue weighted by molar-refractivity contribution is -0.306. The number of benzene rings is 3. The second kappa shape index (κ2) is 34.0. The van der Waals surface area contributed by atoms with Gasteiger partial charge in [0.25, 0.3) is 5.91 Å². The van der Waals surface area contributed by atoms with Crippen LogP contribution in [0.3, 0.4) is 0 Å². The molecule has 0 radical (unpaired) electrons. The number of ether oxygens (including phenoxy) is 12. The molecule has 7 N–H and O–H groups in total. The molecule has 28 heteroatoms. The molecule has 3 fully saturated rings. The largest absolute Gasteiger partial charge is 0.455 e. The number of esters is 2. The Morgan fingerprint density at radius 2 is 0.949 bits per heavy atom. The Kier molecular flexibility index (Phi) is 27.6. The third-order valence-corrected chi connectivity index (χ3v) is 15.5. The second-order valence-electron chi connectivity index (χ2n) is 29.3. The van der Waals surface area contributed by atoms with Gasteiger partial charge in [0, 0.05) is 33.4 Å². The summed E-state index contributed by atoms with van der Waals surface area (Å²) < 4.78 is 74.3. The van der Waals surface area contributed by atoms with Crippen LogP contribution in [-0.4, -0.2) is 186 Å². The van der Waals surface area contributed by atoms with Crippen LogP contribution in [0.25, 0.3) is 0 Å². The van der Waals surface area contributed by atoms with Crippen molar-refractivity contribution in [1.29, 1.82) is 0 Å². The number of rotatable bonds is 22. The molecule has 0 spiro atoms. The van der Waals surface area contributed by atoms with Gasteiger partial charge in [-0.1, -0.05) is 91.0 Å². The highest BCUT2D eigenvalue weighted by molar-refractivity contribution is 6.21. The zero-order chi connectivity index (χ0) is 72.7. The highest BCUT2D eigenvalue weighted by Crippen LogP contribution is 2.43. The molecule has 1 saturated carbocycles. The normalized spacial score (nSPS) is 24.9.